The van der Waals surface area contributed by atoms with Crippen LogP contribution in [0.2, 0.25) is 0 Å². The molecule has 0 saturated carbocycles. The molecule has 2 aliphatic rings. The number of hydrogen-bond donors (Lipinski definition) is 0. The second kappa shape index (κ2) is 8.60. The number of fused-ring (bicyclic) bond motifs is 2. The van der Waals surface area contributed by atoms with Crippen LogP contribution in [-0.2, 0) is 6.18 Å². The predicted octanol–water partition coefficient (Wildman–Crippen LogP) is 6.52. The summed E-state index contributed by atoms with van der Waals surface area (Å²) in [5, 5.41) is 0. The highest BCUT2D eigenvalue weighted by Gasteiger charge is 2.42. The monoisotopic (exact) mass is 437 g/mol. The van der Waals surface area contributed by atoms with E-state index in [4.69, 9.17) is 9.47 Å². The Hall–Kier alpha value is -2.44. The van der Waals surface area contributed by atoms with E-state index in [1.165, 1.54) is 6.07 Å². The van der Waals surface area contributed by atoms with E-state index >= 15 is 0 Å². The number of rotatable bonds is 6. The van der Waals surface area contributed by atoms with E-state index in [1.807, 2.05) is 32.0 Å². The zero-order valence-electron chi connectivity index (χ0n) is 17.7. The van der Waals surface area contributed by atoms with Crippen LogP contribution in [0.3, 0.4) is 0 Å². The van der Waals surface area contributed by atoms with E-state index in [0.717, 1.165) is 61.3 Å². The second-order valence-corrected chi connectivity index (χ2v) is 8.46. The molecular formula is C24H27F4NO2. The minimum Gasteiger partial charge on any atom is -0.490 e. The van der Waals surface area contributed by atoms with Crippen LogP contribution in [0.1, 0.15) is 50.2 Å². The Balaban J connectivity index is 1.49. The second-order valence-electron chi connectivity index (χ2n) is 8.46. The molecule has 0 amide bonds. The molecule has 7 heteroatoms. The van der Waals surface area contributed by atoms with Crippen LogP contribution in [0.15, 0.2) is 36.4 Å². The predicted molar refractivity (Wildman–Crippen MR) is 111 cm³/mol. The van der Waals surface area contributed by atoms with Crippen molar-refractivity contribution in [3.63, 3.8) is 0 Å². The highest BCUT2D eigenvalue weighted by atomic mass is 19.4. The molecule has 0 aliphatic carbocycles. The van der Waals surface area contributed by atoms with Gasteiger partial charge in [0.15, 0.2) is 11.5 Å². The van der Waals surface area contributed by atoms with Gasteiger partial charge in [-0.2, -0.15) is 13.2 Å². The Labute approximate surface area is 180 Å². The first-order valence-corrected chi connectivity index (χ1v) is 10.8. The van der Waals surface area contributed by atoms with Gasteiger partial charge in [0.25, 0.3) is 0 Å². The van der Waals surface area contributed by atoms with Gasteiger partial charge in [0.1, 0.15) is 11.9 Å². The number of halogens is 4. The number of aryl methyl sites for hydroxylation is 1. The Morgan fingerprint density at radius 2 is 1.71 bits per heavy atom. The summed E-state index contributed by atoms with van der Waals surface area (Å²) in [6.45, 7) is 4.67. The van der Waals surface area contributed by atoms with Crippen LogP contribution >= 0.6 is 0 Å². The maximum atomic E-state index is 14.1. The molecule has 0 spiro atoms. The lowest BCUT2D eigenvalue weighted by molar-refractivity contribution is -0.139. The van der Waals surface area contributed by atoms with Crippen molar-refractivity contribution in [1.29, 1.82) is 0 Å². The zero-order valence-corrected chi connectivity index (χ0v) is 17.7. The normalized spacial score (nSPS) is 23.2. The maximum absolute atomic E-state index is 14.1. The Morgan fingerprint density at radius 3 is 2.32 bits per heavy atom. The third-order valence-electron chi connectivity index (χ3n) is 6.10. The van der Waals surface area contributed by atoms with Crippen molar-refractivity contribution in [2.75, 3.05) is 11.5 Å². The Bertz CT molecular complexity index is 916. The molecule has 0 N–H and O–H groups in total. The summed E-state index contributed by atoms with van der Waals surface area (Å²) < 4.78 is 65.0. The molecule has 3 atom stereocenters. The lowest BCUT2D eigenvalue weighted by atomic mass is 9.98. The van der Waals surface area contributed by atoms with Crippen LogP contribution in [0.4, 0.5) is 23.2 Å². The van der Waals surface area contributed by atoms with Gasteiger partial charge < -0.3 is 14.4 Å². The van der Waals surface area contributed by atoms with Gasteiger partial charge in [-0.3, -0.25) is 0 Å². The minimum absolute atomic E-state index is 0.0141. The largest absolute Gasteiger partial charge is 0.490 e. The number of ether oxygens (including phenoxy) is 2. The van der Waals surface area contributed by atoms with Crippen LogP contribution in [-0.4, -0.2) is 24.8 Å². The van der Waals surface area contributed by atoms with E-state index in [1.54, 1.807) is 0 Å². The number of nitrogens with zero attached hydrogens (tertiary/aromatic N) is 1. The molecule has 2 aromatic carbocycles. The molecule has 2 bridgehead atoms. The quantitative estimate of drug-likeness (QED) is 0.480. The van der Waals surface area contributed by atoms with Crippen molar-refractivity contribution in [3.05, 3.63) is 53.3 Å². The fourth-order valence-corrected chi connectivity index (χ4v) is 4.76. The highest BCUT2D eigenvalue weighted by Crippen LogP contribution is 2.43. The van der Waals surface area contributed by atoms with Gasteiger partial charge in [-0.05, 0) is 62.1 Å². The standard InChI is InChI=1S/C24H27F4NO2/c1-3-10-30-23-11-15(2)4-9-22(23)31-19-12-16-5-6-17(13-19)29(16)18-7-8-20(21(25)14-18)24(26,27)28/h4,7-9,11,14,16-17,19H,3,5-6,10,12-13H2,1-2H3/t16-,17+,19+. The Morgan fingerprint density at radius 1 is 1.00 bits per heavy atom. The number of anilines is 1. The molecule has 2 fully saturated rings. The summed E-state index contributed by atoms with van der Waals surface area (Å²) in [4.78, 5) is 2.08. The maximum Gasteiger partial charge on any atom is 0.419 e. The highest BCUT2D eigenvalue weighted by molar-refractivity contribution is 5.52. The van der Waals surface area contributed by atoms with E-state index in [9.17, 15) is 17.6 Å². The first kappa shape index (κ1) is 21.8. The molecule has 0 radical (unpaired) electrons. The molecule has 168 valence electrons. The molecule has 0 unspecified atom stereocenters. The van der Waals surface area contributed by atoms with Crippen molar-refractivity contribution >= 4 is 5.69 Å². The van der Waals surface area contributed by atoms with E-state index in [2.05, 4.69) is 4.90 Å². The number of benzene rings is 2. The van der Waals surface area contributed by atoms with Crippen molar-refractivity contribution < 1.29 is 27.0 Å². The summed E-state index contributed by atoms with van der Waals surface area (Å²) in [6.07, 6.45) is -0.492. The molecule has 4 rings (SSSR count). The van der Waals surface area contributed by atoms with E-state index < -0.39 is 17.6 Å². The average molecular weight is 437 g/mol. The van der Waals surface area contributed by atoms with Crippen LogP contribution in [0.25, 0.3) is 0 Å². The van der Waals surface area contributed by atoms with Crippen molar-refractivity contribution in [1.82, 2.24) is 0 Å². The molecular weight excluding hydrogens is 410 g/mol. The van der Waals surface area contributed by atoms with E-state index in [-0.39, 0.29) is 18.2 Å². The fraction of sp³-hybridized carbons (Fsp3) is 0.500. The average Bonchev–Trinajstić information content (AvgIpc) is 2.97. The number of hydrogen-bond acceptors (Lipinski definition) is 3. The zero-order chi connectivity index (χ0) is 22.2. The molecule has 2 aliphatic heterocycles. The minimum atomic E-state index is -4.69. The summed E-state index contributed by atoms with van der Waals surface area (Å²) >= 11 is 0. The van der Waals surface area contributed by atoms with Gasteiger partial charge in [0, 0.05) is 30.6 Å². The lowest BCUT2D eigenvalue weighted by Crippen LogP contribution is -2.46. The lowest BCUT2D eigenvalue weighted by Gasteiger charge is -2.40. The number of piperidine rings is 1. The molecule has 0 aromatic heterocycles. The number of alkyl halides is 3. The van der Waals surface area contributed by atoms with Gasteiger partial charge in [-0.25, -0.2) is 4.39 Å². The summed E-state index contributed by atoms with van der Waals surface area (Å²) in [7, 11) is 0. The molecule has 2 heterocycles. The molecule has 2 aromatic rings. The van der Waals surface area contributed by atoms with Crippen LogP contribution in [0, 0.1) is 12.7 Å². The van der Waals surface area contributed by atoms with Gasteiger partial charge >= 0.3 is 6.18 Å². The smallest absolute Gasteiger partial charge is 0.419 e. The van der Waals surface area contributed by atoms with Gasteiger partial charge in [-0.15, -0.1) is 0 Å². The summed E-state index contributed by atoms with van der Waals surface area (Å²) in [5.41, 5.74) is 0.386. The van der Waals surface area contributed by atoms with Gasteiger partial charge in [-0.1, -0.05) is 13.0 Å². The Kier molecular flexibility index (Phi) is 6.04. The van der Waals surface area contributed by atoms with Gasteiger partial charge in [0.05, 0.1) is 12.2 Å². The molecule has 2 saturated heterocycles. The van der Waals surface area contributed by atoms with Gasteiger partial charge in [0.2, 0.25) is 0 Å². The topological polar surface area (TPSA) is 21.7 Å². The van der Waals surface area contributed by atoms with Crippen molar-refractivity contribution in [3.8, 4) is 11.5 Å². The van der Waals surface area contributed by atoms with Crippen molar-refractivity contribution in [2.24, 2.45) is 0 Å². The van der Waals surface area contributed by atoms with E-state index in [0.29, 0.717) is 12.3 Å². The SMILES string of the molecule is CCCOc1cc(C)ccc1O[C@H]1C[C@H]2CC[C@@H](C1)N2c1ccc(C(F)(F)F)c(F)c1. The fourth-order valence-electron chi connectivity index (χ4n) is 4.76. The summed E-state index contributed by atoms with van der Waals surface area (Å²) in [6, 6.07) is 9.37. The molecule has 3 nitrogen and oxygen atoms in total. The van der Waals surface area contributed by atoms with Crippen LogP contribution < -0.4 is 14.4 Å². The summed E-state index contributed by atoms with van der Waals surface area (Å²) in [5.74, 6) is 0.235. The third kappa shape index (κ3) is 4.60. The first-order valence-electron chi connectivity index (χ1n) is 10.8. The van der Waals surface area contributed by atoms with Crippen molar-refractivity contribution in [2.45, 2.75) is 70.3 Å². The molecule has 31 heavy (non-hydrogen) atoms. The van der Waals surface area contributed by atoms with Crippen LogP contribution in [0.5, 0.6) is 11.5 Å². The first-order chi connectivity index (χ1) is 14.8. The third-order valence-corrected chi connectivity index (χ3v) is 6.10.